The van der Waals surface area contributed by atoms with Crippen molar-refractivity contribution in [1.29, 1.82) is 0 Å². The molecule has 3 rings (SSSR count). The van der Waals surface area contributed by atoms with Gasteiger partial charge >= 0.3 is 17.9 Å². The summed E-state index contributed by atoms with van der Waals surface area (Å²) in [5.41, 5.74) is 0. The molecule has 14 heavy (non-hydrogen) atoms. The third-order valence-electron chi connectivity index (χ3n) is 2.77. The van der Waals surface area contributed by atoms with Crippen molar-refractivity contribution in [3.8, 4) is 0 Å². The van der Waals surface area contributed by atoms with Crippen LogP contribution >= 0.6 is 12.0 Å². The first kappa shape index (κ1) is 8.25. The molecule has 0 spiro atoms. The fourth-order valence-electron chi connectivity index (χ4n) is 2.07. The molecule has 2 unspecified atom stereocenters. The molecule has 0 radical (unpaired) electrons. The van der Waals surface area contributed by atoms with Crippen LogP contribution in [-0.4, -0.2) is 23.2 Å². The maximum absolute atomic E-state index is 11.2. The minimum atomic E-state index is -0.656. The second-order valence-corrected chi connectivity index (χ2v) is 4.22. The van der Waals surface area contributed by atoms with Gasteiger partial charge in [0.25, 0.3) is 0 Å². The number of esters is 2. The molecule has 74 valence electrons. The number of fused-ring (bicyclic) bond motifs is 4. The summed E-state index contributed by atoms with van der Waals surface area (Å²) in [6.07, 6.45) is 0. The SMILES string of the molecule is O=C1OC(=O)[C@@H]2C1C1C(=O)OOS[C@@H]12. The summed E-state index contributed by atoms with van der Waals surface area (Å²) in [4.78, 5) is 37.8. The van der Waals surface area contributed by atoms with Crippen molar-refractivity contribution < 1.29 is 28.3 Å². The van der Waals surface area contributed by atoms with Gasteiger partial charge in [0.15, 0.2) is 0 Å². The van der Waals surface area contributed by atoms with Gasteiger partial charge in [0.1, 0.15) is 0 Å². The molecule has 3 fully saturated rings. The van der Waals surface area contributed by atoms with Gasteiger partial charge in [-0.25, -0.2) is 4.79 Å². The molecule has 0 aromatic heterocycles. The summed E-state index contributed by atoms with van der Waals surface area (Å²) in [5, 5.41) is -0.333. The fraction of sp³-hybridized carbons (Fsp3) is 0.571. The normalized spacial score (nSPS) is 44.7. The predicted octanol–water partition coefficient (Wildman–Crippen LogP) is -0.563. The van der Waals surface area contributed by atoms with Crippen molar-refractivity contribution in [1.82, 2.24) is 0 Å². The van der Waals surface area contributed by atoms with E-state index in [4.69, 9.17) is 0 Å². The molecule has 0 aromatic rings. The molecule has 0 aromatic carbocycles. The maximum Gasteiger partial charge on any atom is 0.348 e. The average Bonchev–Trinajstić information content (AvgIpc) is 2.30. The summed E-state index contributed by atoms with van der Waals surface area (Å²) in [6.45, 7) is 0. The van der Waals surface area contributed by atoms with Crippen LogP contribution in [0.15, 0.2) is 0 Å². The molecule has 4 atom stereocenters. The van der Waals surface area contributed by atoms with E-state index in [1.165, 1.54) is 0 Å². The largest absolute Gasteiger partial charge is 0.393 e. The van der Waals surface area contributed by atoms with Crippen LogP contribution in [-0.2, 0) is 28.3 Å². The highest BCUT2D eigenvalue weighted by atomic mass is 32.2. The molecule has 6 nitrogen and oxygen atoms in total. The molecular weight excluding hydrogens is 212 g/mol. The van der Waals surface area contributed by atoms with Gasteiger partial charge < -0.3 is 4.74 Å². The first-order valence-electron chi connectivity index (χ1n) is 3.99. The van der Waals surface area contributed by atoms with Crippen molar-refractivity contribution in [3.05, 3.63) is 0 Å². The van der Waals surface area contributed by atoms with Gasteiger partial charge in [0, 0.05) is 12.0 Å². The standard InChI is InChI=1S/C7H4O6S/c8-5-1-2(6(9)11-5)4-3(1)7(10)12-13-14-4/h1-4H/t1?,2-,3?,4-/m1/s1. The van der Waals surface area contributed by atoms with Gasteiger partial charge in [-0.1, -0.05) is 0 Å². The topological polar surface area (TPSA) is 78.9 Å². The zero-order chi connectivity index (χ0) is 9.87. The Hall–Kier alpha value is -1.08. The fourth-order valence-corrected chi connectivity index (χ4v) is 3.07. The Morgan fingerprint density at radius 2 is 1.57 bits per heavy atom. The molecule has 7 heteroatoms. The number of carbonyl (C=O) groups excluding carboxylic acids is 3. The minimum absolute atomic E-state index is 0.333. The molecule has 1 aliphatic carbocycles. The van der Waals surface area contributed by atoms with E-state index in [-0.39, 0.29) is 5.25 Å². The van der Waals surface area contributed by atoms with Gasteiger partial charge in [-0.15, -0.1) is 4.33 Å². The first-order valence-corrected chi connectivity index (χ1v) is 4.80. The highest BCUT2D eigenvalue weighted by Crippen LogP contribution is 2.54. The van der Waals surface area contributed by atoms with Crippen molar-refractivity contribution >= 4 is 30.0 Å². The number of cyclic esters (lactones) is 2. The zero-order valence-electron chi connectivity index (χ0n) is 6.67. The third-order valence-corrected chi connectivity index (χ3v) is 3.72. The molecular formula is C7H4O6S. The molecule has 2 saturated heterocycles. The lowest BCUT2D eigenvalue weighted by Crippen LogP contribution is -2.56. The highest BCUT2D eigenvalue weighted by Gasteiger charge is 2.69. The van der Waals surface area contributed by atoms with Gasteiger partial charge in [-0.2, -0.15) is 0 Å². The van der Waals surface area contributed by atoms with Crippen molar-refractivity contribution in [2.45, 2.75) is 5.25 Å². The van der Waals surface area contributed by atoms with E-state index in [2.05, 4.69) is 14.0 Å². The second-order valence-electron chi connectivity index (χ2n) is 3.35. The first-order chi connectivity index (χ1) is 6.70. The van der Waals surface area contributed by atoms with Crippen LogP contribution in [0.2, 0.25) is 0 Å². The second kappa shape index (κ2) is 2.48. The molecule has 1 saturated carbocycles. The summed E-state index contributed by atoms with van der Waals surface area (Å²) < 4.78 is 8.89. The predicted molar refractivity (Wildman–Crippen MR) is 40.1 cm³/mol. The van der Waals surface area contributed by atoms with Crippen LogP contribution < -0.4 is 0 Å². The van der Waals surface area contributed by atoms with Gasteiger partial charge in [-0.3, -0.25) is 14.5 Å². The Morgan fingerprint density at radius 3 is 2.36 bits per heavy atom. The lowest BCUT2D eigenvalue weighted by Gasteiger charge is -2.42. The van der Waals surface area contributed by atoms with Crippen molar-refractivity contribution in [3.63, 3.8) is 0 Å². The van der Waals surface area contributed by atoms with E-state index in [9.17, 15) is 14.4 Å². The Morgan fingerprint density at radius 1 is 0.929 bits per heavy atom. The zero-order valence-corrected chi connectivity index (χ0v) is 7.48. The van der Waals surface area contributed by atoms with E-state index in [1.54, 1.807) is 0 Å². The van der Waals surface area contributed by atoms with Crippen LogP contribution in [0.1, 0.15) is 0 Å². The van der Waals surface area contributed by atoms with Crippen molar-refractivity contribution in [2.75, 3.05) is 0 Å². The van der Waals surface area contributed by atoms with E-state index >= 15 is 0 Å². The lowest BCUT2D eigenvalue weighted by atomic mass is 9.65. The molecule has 2 aliphatic heterocycles. The highest BCUT2D eigenvalue weighted by molar-refractivity contribution is 7.95. The Bertz CT molecular complexity index is 352. The van der Waals surface area contributed by atoms with Crippen LogP contribution in [0.3, 0.4) is 0 Å². The smallest absolute Gasteiger partial charge is 0.348 e. The summed E-state index contributed by atoms with van der Waals surface area (Å²) >= 11 is 0.903. The van der Waals surface area contributed by atoms with E-state index in [1.807, 2.05) is 0 Å². The van der Waals surface area contributed by atoms with Crippen LogP contribution in [0.5, 0.6) is 0 Å². The molecule has 0 N–H and O–H groups in total. The molecule has 2 heterocycles. The number of hydrogen-bond donors (Lipinski definition) is 0. The Kier molecular flexibility index (Phi) is 1.46. The molecule has 0 amide bonds. The summed E-state index contributed by atoms with van der Waals surface area (Å²) in [7, 11) is 0. The van der Waals surface area contributed by atoms with Crippen LogP contribution in [0.25, 0.3) is 0 Å². The van der Waals surface area contributed by atoms with Gasteiger partial charge in [-0.05, 0) is 0 Å². The van der Waals surface area contributed by atoms with Gasteiger partial charge in [0.05, 0.1) is 23.0 Å². The monoisotopic (exact) mass is 216 g/mol. The Labute approximate surface area is 82.0 Å². The van der Waals surface area contributed by atoms with Crippen LogP contribution in [0, 0.1) is 17.8 Å². The van der Waals surface area contributed by atoms with E-state index in [0.717, 1.165) is 12.0 Å². The average molecular weight is 216 g/mol. The third kappa shape index (κ3) is 0.788. The molecule has 3 aliphatic rings. The minimum Gasteiger partial charge on any atom is -0.393 e. The quantitative estimate of drug-likeness (QED) is 0.232. The maximum atomic E-state index is 11.2. The van der Waals surface area contributed by atoms with Gasteiger partial charge in [0.2, 0.25) is 0 Å². The van der Waals surface area contributed by atoms with Crippen molar-refractivity contribution in [2.24, 2.45) is 17.8 Å². The number of carbonyl (C=O) groups is 3. The number of hydrogen-bond acceptors (Lipinski definition) is 7. The van der Waals surface area contributed by atoms with Crippen LogP contribution in [0.4, 0.5) is 0 Å². The number of rotatable bonds is 0. The number of ether oxygens (including phenoxy) is 1. The molecule has 0 bridgehead atoms. The van der Waals surface area contributed by atoms with E-state index < -0.39 is 35.7 Å². The lowest BCUT2D eigenvalue weighted by molar-refractivity contribution is -0.226. The summed E-state index contributed by atoms with van der Waals surface area (Å²) in [5.74, 6) is -3.56. The van der Waals surface area contributed by atoms with E-state index in [0.29, 0.717) is 0 Å². The Balaban J connectivity index is 1.94. The summed E-state index contributed by atoms with van der Waals surface area (Å²) in [6, 6.07) is 0.